The van der Waals surface area contributed by atoms with Crippen LogP contribution >= 0.6 is 11.6 Å². The standard InChI is InChI=1S/C16H19ClN2O2/c1-4-16(15(20)21,12-8-6-5-7-9-12)10-13-14(17)11(2)18-19(13)3/h5-9H,4,10H2,1-3H3,(H,20,21). The van der Waals surface area contributed by atoms with Crippen LogP contribution in [0.4, 0.5) is 0 Å². The van der Waals surface area contributed by atoms with Gasteiger partial charge in [-0.1, -0.05) is 48.9 Å². The average Bonchev–Trinajstić information content (AvgIpc) is 2.71. The molecule has 0 saturated heterocycles. The van der Waals surface area contributed by atoms with Crippen molar-refractivity contribution in [1.29, 1.82) is 0 Å². The highest BCUT2D eigenvalue weighted by atomic mass is 35.5. The van der Waals surface area contributed by atoms with Crippen LogP contribution in [0.1, 0.15) is 30.3 Å². The number of carbonyl (C=O) groups is 1. The molecule has 1 aromatic heterocycles. The van der Waals surface area contributed by atoms with Crippen LogP contribution in [0.2, 0.25) is 5.02 Å². The maximum Gasteiger partial charge on any atom is 0.314 e. The molecule has 2 rings (SSSR count). The lowest BCUT2D eigenvalue weighted by Crippen LogP contribution is -2.38. The summed E-state index contributed by atoms with van der Waals surface area (Å²) in [5.41, 5.74) is 1.26. The van der Waals surface area contributed by atoms with Crippen molar-refractivity contribution < 1.29 is 9.90 Å². The number of aryl methyl sites for hydroxylation is 2. The number of aromatic nitrogens is 2. The Balaban J connectivity index is 2.54. The first kappa shape index (κ1) is 15.6. The Hall–Kier alpha value is -1.81. The van der Waals surface area contributed by atoms with Gasteiger partial charge >= 0.3 is 5.97 Å². The summed E-state index contributed by atoms with van der Waals surface area (Å²) in [6.45, 7) is 3.71. The molecule has 0 saturated carbocycles. The van der Waals surface area contributed by atoms with E-state index < -0.39 is 11.4 Å². The van der Waals surface area contributed by atoms with Crippen molar-refractivity contribution in [3.05, 3.63) is 52.3 Å². The van der Waals surface area contributed by atoms with Gasteiger partial charge in [-0.05, 0) is 18.9 Å². The van der Waals surface area contributed by atoms with Crippen LogP contribution in [0.5, 0.6) is 0 Å². The number of halogens is 1. The fourth-order valence-electron chi connectivity index (χ4n) is 2.70. The highest BCUT2D eigenvalue weighted by molar-refractivity contribution is 6.31. The summed E-state index contributed by atoms with van der Waals surface area (Å²) in [7, 11) is 1.79. The van der Waals surface area contributed by atoms with Gasteiger partial charge in [0, 0.05) is 13.5 Å². The number of rotatable bonds is 5. The highest BCUT2D eigenvalue weighted by Crippen LogP contribution is 2.35. The number of hydrogen-bond acceptors (Lipinski definition) is 2. The molecule has 112 valence electrons. The summed E-state index contributed by atoms with van der Waals surface area (Å²) in [6.07, 6.45) is 0.798. The first-order valence-corrected chi connectivity index (χ1v) is 7.27. The predicted molar refractivity (Wildman–Crippen MR) is 82.7 cm³/mol. The summed E-state index contributed by atoms with van der Waals surface area (Å²) in [5.74, 6) is -0.842. The van der Waals surface area contributed by atoms with Crippen LogP contribution in [0, 0.1) is 6.92 Å². The SMILES string of the molecule is CCC(Cc1c(Cl)c(C)nn1C)(C(=O)O)c1ccccc1. The van der Waals surface area contributed by atoms with E-state index in [0.717, 1.165) is 17.0 Å². The molecular formula is C16H19ClN2O2. The second kappa shape index (κ2) is 5.90. The zero-order valence-electron chi connectivity index (χ0n) is 12.4. The van der Waals surface area contributed by atoms with Crippen LogP contribution in [-0.4, -0.2) is 20.9 Å². The Morgan fingerprint density at radius 1 is 1.38 bits per heavy atom. The third-order valence-electron chi connectivity index (χ3n) is 4.07. The lowest BCUT2D eigenvalue weighted by molar-refractivity contribution is -0.144. The van der Waals surface area contributed by atoms with E-state index in [1.807, 2.05) is 44.2 Å². The molecule has 4 nitrogen and oxygen atoms in total. The molecule has 1 N–H and O–H groups in total. The molecule has 2 aromatic rings. The summed E-state index contributed by atoms with van der Waals surface area (Å²) >= 11 is 6.29. The van der Waals surface area contributed by atoms with Gasteiger partial charge in [0.05, 0.1) is 21.8 Å². The second-order valence-electron chi connectivity index (χ2n) is 5.25. The molecule has 1 atom stereocenters. The summed E-state index contributed by atoms with van der Waals surface area (Å²) in [5, 5.41) is 14.7. The van der Waals surface area contributed by atoms with Gasteiger partial charge in [-0.15, -0.1) is 0 Å². The van der Waals surface area contributed by atoms with Crippen molar-refractivity contribution >= 4 is 17.6 Å². The number of nitrogens with zero attached hydrogens (tertiary/aromatic N) is 2. The van der Waals surface area contributed by atoms with Gasteiger partial charge in [-0.3, -0.25) is 9.48 Å². The van der Waals surface area contributed by atoms with Gasteiger partial charge in [-0.2, -0.15) is 5.10 Å². The minimum absolute atomic E-state index is 0.318. The molecule has 0 aliphatic carbocycles. The van der Waals surface area contributed by atoms with Crippen LogP contribution in [0.15, 0.2) is 30.3 Å². The van der Waals surface area contributed by atoms with Crippen LogP contribution in [-0.2, 0) is 23.7 Å². The van der Waals surface area contributed by atoms with E-state index >= 15 is 0 Å². The first-order chi connectivity index (χ1) is 9.92. The monoisotopic (exact) mass is 306 g/mol. The van der Waals surface area contributed by atoms with E-state index in [1.165, 1.54) is 0 Å². The Labute approximate surface area is 129 Å². The largest absolute Gasteiger partial charge is 0.481 e. The van der Waals surface area contributed by atoms with Gasteiger partial charge in [-0.25, -0.2) is 0 Å². The van der Waals surface area contributed by atoms with E-state index in [0.29, 0.717) is 17.9 Å². The third kappa shape index (κ3) is 2.68. The summed E-state index contributed by atoms with van der Waals surface area (Å²) in [6, 6.07) is 9.31. The molecule has 0 amide bonds. The van der Waals surface area contributed by atoms with Gasteiger partial charge in [0.25, 0.3) is 0 Å². The second-order valence-corrected chi connectivity index (χ2v) is 5.63. The van der Waals surface area contributed by atoms with Crippen molar-refractivity contribution in [2.24, 2.45) is 7.05 Å². The maximum absolute atomic E-state index is 12.0. The van der Waals surface area contributed by atoms with Gasteiger partial charge in [0.15, 0.2) is 0 Å². The normalized spacial score (nSPS) is 13.9. The van der Waals surface area contributed by atoms with E-state index in [1.54, 1.807) is 11.7 Å². The number of aliphatic carboxylic acids is 1. The van der Waals surface area contributed by atoms with E-state index in [9.17, 15) is 9.90 Å². The van der Waals surface area contributed by atoms with Gasteiger partial charge in [0.2, 0.25) is 0 Å². The first-order valence-electron chi connectivity index (χ1n) is 6.89. The number of carboxylic acid groups (broad SMARTS) is 1. The van der Waals surface area contributed by atoms with Crippen molar-refractivity contribution in [1.82, 2.24) is 9.78 Å². The molecule has 21 heavy (non-hydrogen) atoms. The maximum atomic E-state index is 12.0. The summed E-state index contributed by atoms with van der Waals surface area (Å²) < 4.78 is 1.67. The zero-order chi connectivity index (χ0) is 15.6. The molecule has 0 bridgehead atoms. The fraction of sp³-hybridized carbons (Fsp3) is 0.375. The molecular weight excluding hydrogens is 288 g/mol. The molecule has 0 aliphatic rings. The molecule has 0 aliphatic heterocycles. The molecule has 1 aromatic carbocycles. The van der Waals surface area contributed by atoms with Crippen molar-refractivity contribution in [2.45, 2.75) is 32.1 Å². The third-order valence-corrected chi connectivity index (χ3v) is 4.56. The quantitative estimate of drug-likeness (QED) is 0.921. The summed E-state index contributed by atoms with van der Waals surface area (Å²) in [4.78, 5) is 12.0. The Bertz CT molecular complexity index is 652. The highest BCUT2D eigenvalue weighted by Gasteiger charge is 2.40. The van der Waals surface area contributed by atoms with Gasteiger partial charge < -0.3 is 5.11 Å². The van der Waals surface area contributed by atoms with Crippen LogP contribution < -0.4 is 0 Å². The zero-order valence-corrected chi connectivity index (χ0v) is 13.2. The smallest absolute Gasteiger partial charge is 0.314 e. The molecule has 0 fully saturated rings. The molecule has 1 unspecified atom stereocenters. The molecule has 0 spiro atoms. The Morgan fingerprint density at radius 2 is 2.00 bits per heavy atom. The molecule has 1 heterocycles. The minimum Gasteiger partial charge on any atom is -0.481 e. The lowest BCUT2D eigenvalue weighted by atomic mass is 9.74. The average molecular weight is 307 g/mol. The molecule has 5 heteroatoms. The van der Waals surface area contributed by atoms with E-state index in [2.05, 4.69) is 5.10 Å². The van der Waals surface area contributed by atoms with Crippen molar-refractivity contribution in [3.8, 4) is 0 Å². The number of benzene rings is 1. The number of carboxylic acids is 1. The van der Waals surface area contributed by atoms with E-state index in [-0.39, 0.29) is 0 Å². The van der Waals surface area contributed by atoms with Crippen LogP contribution in [0.3, 0.4) is 0 Å². The van der Waals surface area contributed by atoms with Gasteiger partial charge in [0.1, 0.15) is 0 Å². The lowest BCUT2D eigenvalue weighted by Gasteiger charge is -2.29. The van der Waals surface area contributed by atoms with Crippen molar-refractivity contribution in [3.63, 3.8) is 0 Å². The minimum atomic E-state index is -0.995. The Morgan fingerprint density at radius 3 is 2.43 bits per heavy atom. The topological polar surface area (TPSA) is 55.1 Å². The molecule has 0 radical (unpaired) electrons. The van der Waals surface area contributed by atoms with E-state index in [4.69, 9.17) is 11.6 Å². The fourth-order valence-corrected chi connectivity index (χ4v) is 2.92. The van der Waals surface area contributed by atoms with Crippen molar-refractivity contribution in [2.75, 3.05) is 0 Å². The predicted octanol–water partition coefficient (Wildman–Crippen LogP) is 3.36. The Kier molecular flexibility index (Phi) is 4.37. The van der Waals surface area contributed by atoms with Crippen LogP contribution in [0.25, 0.3) is 0 Å². The number of hydrogen-bond donors (Lipinski definition) is 1.